The molecule has 136 valence electrons. The lowest BCUT2D eigenvalue weighted by Gasteiger charge is -2.25. The monoisotopic (exact) mass is 372 g/mol. The SMILES string of the molecule is CCNC(=NCc1ccc(C)s1)NCCS(=O)(=O)NCC1CCC1. The first-order valence-electron chi connectivity index (χ1n) is 8.53. The van der Waals surface area contributed by atoms with E-state index in [0.29, 0.717) is 31.5 Å². The van der Waals surface area contributed by atoms with Gasteiger partial charge >= 0.3 is 0 Å². The minimum absolute atomic E-state index is 0.0578. The van der Waals surface area contributed by atoms with E-state index in [0.717, 1.165) is 19.4 Å². The average Bonchev–Trinajstić information content (AvgIpc) is 2.88. The Morgan fingerprint density at radius 1 is 1.33 bits per heavy atom. The predicted molar refractivity (Wildman–Crippen MR) is 101 cm³/mol. The van der Waals surface area contributed by atoms with Crippen LogP contribution in [0.15, 0.2) is 17.1 Å². The van der Waals surface area contributed by atoms with Gasteiger partial charge in [0, 0.05) is 29.4 Å². The molecule has 1 saturated carbocycles. The maximum Gasteiger partial charge on any atom is 0.213 e. The van der Waals surface area contributed by atoms with Gasteiger partial charge in [-0.05, 0) is 44.7 Å². The number of hydrogen-bond acceptors (Lipinski definition) is 4. The van der Waals surface area contributed by atoms with Gasteiger partial charge in [-0.3, -0.25) is 0 Å². The number of aryl methyl sites for hydroxylation is 1. The van der Waals surface area contributed by atoms with Crippen LogP contribution < -0.4 is 15.4 Å². The molecule has 1 aliphatic carbocycles. The Bertz CT molecular complexity index is 636. The van der Waals surface area contributed by atoms with Crippen LogP contribution in [0.5, 0.6) is 0 Å². The Morgan fingerprint density at radius 2 is 2.12 bits per heavy atom. The molecule has 8 heteroatoms. The zero-order valence-corrected chi connectivity index (χ0v) is 16.1. The molecule has 1 aromatic rings. The van der Waals surface area contributed by atoms with Gasteiger partial charge in [0.15, 0.2) is 5.96 Å². The summed E-state index contributed by atoms with van der Waals surface area (Å²) in [5.74, 6) is 1.24. The van der Waals surface area contributed by atoms with Crippen molar-refractivity contribution in [1.29, 1.82) is 0 Å². The van der Waals surface area contributed by atoms with Crippen LogP contribution in [0.1, 0.15) is 35.9 Å². The molecule has 0 aliphatic heterocycles. The van der Waals surface area contributed by atoms with Gasteiger partial charge in [-0.15, -0.1) is 11.3 Å². The van der Waals surface area contributed by atoms with Crippen molar-refractivity contribution < 1.29 is 8.42 Å². The van der Waals surface area contributed by atoms with Gasteiger partial charge < -0.3 is 10.6 Å². The molecular formula is C16H28N4O2S2. The molecule has 1 fully saturated rings. The molecule has 1 aliphatic rings. The molecule has 0 atom stereocenters. The van der Waals surface area contributed by atoms with Crippen LogP contribution in [0.25, 0.3) is 0 Å². The van der Waals surface area contributed by atoms with Crippen LogP contribution in [-0.4, -0.2) is 39.8 Å². The van der Waals surface area contributed by atoms with Gasteiger partial charge in [-0.1, -0.05) is 6.42 Å². The molecule has 0 saturated heterocycles. The molecule has 0 spiro atoms. The fourth-order valence-corrected chi connectivity index (χ4v) is 4.21. The van der Waals surface area contributed by atoms with Gasteiger partial charge in [-0.2, -0.15) is 0 Å². The maximum atomic E-state index is 12.0. The average molecular weight is 373 g/mol. The zero-order valence-electron chi connectivity index (χ0n) is 14.5. The summed E-state index contributed by atoms with van der Waals surface area (Å²) < 4.78 is 26.7. The number of nitrogens with one attached hydrogen (secondary N) is 3. The van der Waals surface area contributed by atoms with E-state index in [-0.39, 0.29) is 5.75 Å². The van der Waals surface area contributed by atoms with E-state index in [9.17, 15) is 8.42 Å². The molecule has 0 radical (unpaired) electrons. The van der Waals surface area contributed by atoms with E-state index in [4.69, 9.17) is 0 Å². The quantitative estimate of drug-likeness (QED) is 0.456. The van der Waals surface area contributed by atoms with Gasteiger partial charge in [0.2, 0.25) is 10.0 Å². The minimum atomic E-state index is -3.22. The summed E-state index contributed by atoms with van der Waals surface area (Å²) in [5.41, 5.74) is 0. The van der Waals surface area contributed by atoms with Crippen LogP contribution in [0, 0.1) is 12.8 Å². The topological polar surface area (TPSA) is 82.6 Å². The van der Waals surface area contributed by atoms with Crippen LogP contribution >= 0.6 is 11.3 Å². The van der Waals surface area contributed by atoms with E-state index >= 15 is 0 Å². The second-order valence-corrected chi connectivity index (χ2v) is 9.40. The summed E-state index contributed by atoms with van der Waals surface area (Å²) in [6.45, 7) is 6.32. The minimum Gasteiger partial charge on any atom is -0.357 e. The molecule has 0 amide bonds. The fraction of sp³-hybridized carbons (Fsp3) is 0.688. The molecule has 0 aromatic carbocycles. The summed E-state index contributed by atoms with van der Waals surface area (Å²) in [4.78, 5) is 6.96. The number of guanidine groups is 1. The first kappa shape index (κ1) is 19.2. The van der Waals surface area contributed by atoms with E-state index in [1.807, 2.05) is 6.92 Å². The van der Waals surface area contributed by atoms with E-state index in [1.165, 1.54) is 16.2 Å². The van der Waals surface area contributed by atoms with Crippen LogP contribution in [0.2, 0.25) is 0 Å². The number of rotatable bonds is 9. The largest absolute Gasteiger partial charge is 0.357 e. The number of nitrogens with zero attached hydrogens (tertiary/aromatic N) is 1. The van der Waals surface area contributed by atoms with Crippen molar-refractivity contribution in [3.8, 4) is 0 Å². The molecule has 1 aromatic heterocycles. The van der Waals surface area contributed by atoms with Crippen LogP contribution in [0.3, 0.4) is 0 Å². The first-order valence-corrected chi connectivity index (χ1v) is 11.0. The second kappa shape index (κ2) is 9.39. The standard InChI is InChI=1S/C16H28N4O2S2/c1-3-17-16(19-12-15-8-7-13(2)23-15)18-9-10-24(21,22)20-11-14-5-4-6-14/h7-8,14,20H,3-6,9-12H2,1-2H3,(H2,17,18,19). The molecule has 3 N–H and O–H groups in total. The lowest BCUT2D eigenvalue weighted by Crippen LogP contribution is -2.42. The molecule has 2 rings (SSSR count). The Kier molecular flexibility index (Phi) is 7.51. The number of sulfonamides is 1. The predicted octanol–water partition coefficient (Wildman–Crippen LogP) is 1.83. The molecule has 6 nitrogen and oxygen atoms in total. The van der Waals surface area contributed by atoms with Crippen LogP contribution in [-0.2, 0) is 16.6 Å². The van der Waals surface area contributed by atoms with Crippen molar-refractivity contribution in [2.24, 2.45) is 10.9 Å². The Hall–Kier alpha value is -1.12. The second-order valence-electron chi connectivity index (χ2n) is 6.10. The maximum absolute atomic E-state index is 12.0. The first-order chi connectivity index (χ1) is 11.5. The smallest absolute Gasteiger partial charge is 0.213 e. The van der Waals surface area contributed by atoms with Crippen molar-refractivity contribution >= 4 is 27.3 Å². The highest BCUT2D eigenvalue weighted by atomic mass is 32.2. The number of hydrogen-bond donors (Lipinski definition) is 3. The third kappa shape index (κ3) is 6.78. The molecule has 1 heterocycles. The van der Waals surface area contributed by atoms with Crippen molar-refractivity contribution in [2.45, 2.75) is 39.7 Å². The Balaban J connectivity index is 1.75. The van der Waals surface area contributed by atoms with Gasteiger partial charge in [0.25, 0.3) is 0 Å². The highest BCUT2D eigenvalue weighted by Crippen LogP contribution is 2.25. The van der Waals surface area contributed by atoms with Gasteiger partial charge in [0.1, 0.15) is 0 Å². The van der Waals surface area contributed by atoms with Gasteiger partial charge in [-0.25, -0.2) is 18.1 Å². The lowest BCUT2D eigenvalue weighted by molar-refractivity contribution is 0.316. The molecule has 0 bridgehead atoms. The van der Waals surface area contributed by atoms with E-state index in [2.05, 4.69) is 39.4 Å². The third-order valence-corrected chi connectivity index (χ3v) is 6.35. The van der Waals surface area contributed by atoms with E-state index in [1.54, 1.807) is 11.3 Å². The number of thiophene rings is 1. The zero-order chi connectivity index (χ0) is 17.4. The van der Waals surface area contributed by atoms with Crippen molar-refractivity contribution in [1.82, 2.24) is 15.4 Å². The summed E-state index contributed by atoms with van der Waals surface area (Å²) in [7, 11) is -3.22. The summed E-state index contributed by atoms with van der Waals surface area (Å²) in [6.07, 6.45) is 3.50. The van der Waals surface area contributed by atoms with Crippen molar-refractivity contribution in [3.63, 3.8) is 0 Å². The van der Waals surface area contributed by atoms with Gasteiger partial charge in [0.05, 0.1) is 12.3 Å². The Labute approximate surface area is 149 Å². The Morgan fingerprint density at radius 3 is 2.71 bits per heavy atom. The molecular weight excluding hydrogens is 344 g/mol. The molecule has 0 unspecified atom stereocenters. The summed E-state index contributed by atoms with van der Waals surface area (Å²) >= 11 is 1.72. The fourth-order valence-electron chi connectivity index (χ4n) is 2.39. The molecule has 24 heavy (non-hydrogen) atoms. The highest BCUT2D eigenvalue weighted by molar-refractivity contribution is 7.89. The van der Waals surface area contributed by atoms with Crippen LogP contribution in [0.4, 0.5) is 0 Å². The number of aliphatic imine (C=N–C) groups is 1. The van der Waals surface area contributed by atoms with Crippen molar-refractivity contribution in [3.05, 3.63) is 21.9 Å². The highest BCUT2D eigenvalue weighted by Gasteiger charge is 2.20. The van der Waals surface area contributed by atoms with E-state index < -0.39 is 10.0 Å². The third-order valence-electron chi connectivity index (χ3n) is 4.01. The summed E-state index contributed by atoms with van der Waals surface area (Å²) in [5, 5.41) is 6.24. The normalized spacial score (nSPS) is 16.0. The lowest BCUT2D eigenvalue weighted by atomic mass is 9.86. The van der Waals surface area contributed by atoms with Crippen molar-refractivity contribution in [2.75, 3.05) is 25.4 Å². The summed E-state index contributed by atoms with van der Waals surface area (Å²) in [6, 6.07) is 4.15.